The molecule has 128 valence electrons. The SMILES string of the molecule is N#Cc1cccc(N[C@H]2CO[C@]3(CCN(C(=O)c4cnc[nH]4)C3)C2)c1. The average molecular weight is 337 g/mol. The first kappa shape index (κ1) is 15.7. The Bertz CT molecular complexity index is 813. The lowest BCUT2D eigenvalue weighted by atomic mass is 9.97. The lowest BCUT2D eigenvalue weighted by Crippen LogP contribution is -2.36. The van der Waals surface area contributed by atoms with Gasteiger partial charge < -0.3 is 19.9 Å². The Labute approximate surface area is 145 Å². The van der Waals surface area contributed by atoms with Gasteiger partial charge in [-0.1, -0.05) is 6.07 Å². The van der Waals surface area contributed by atoms with E-state index in [9.17, 15) is 4.79 Å². The summed E-state index contributed by atoms with van der Waals surface area (Å²) in [5, 5.41) is 12.4. The second kappa shape index (κ2) is 6.22. The molecule has 4 rings (SSSR count). The summed E-state index contributed by atoms with van der Waals surface area (Å²) in [6.07, 6.45) is 4.75. The molecule has 1 aromatic heterocycles. The third-order valence-corrected chi connectivity index (χ3v) is 4.90. The number of imidazole rings is 1. The molecule has 1 amide bonds. The molecule has 0 saturated carbocycles. The third-order valence-electron chi connectivity index (χ3n) is 4.90. The molecule has 2 fully saturated rings. The lowest BCUT2D eigenvalue weighted by Gasteiger charge is -2.23. The molecule has 0 unspecified atom stereocenters. The summed E-state index contributed by atoms with van der Waals surface area (Å²) in [6, 6.07) is 9.77. The number of aromatic nitrogens is 2. The number of benzene rings is 1. The normalized spacial score (nSPS) is 25.2. The number of amides is 1. The first-order valence-electron chi connectivity index (χ1n) is 8.36. The van der Waals surface area contributed by atoms with Gasteiger partial charge in [-0.25, -0.2) is 4.98 Å². The van der Waals surface area contributed by atoms with Crippen LogP contribution in [0.3, 0.4) is 0 Å². The zero-order chi connectivity index (χ0) is 17.3. The Morgan fingerprint density at radius 2 is 2.44 bits per heavy atom. The molecule has 25 heavy (non-hydrogen) atoms. The van der Waals surface area contributed by atoms with Gasteiger partial charge in [0.1, 0.15) is 5.69 Å². The van der Waals surface area contributed by atoms with Crippen LogP contribution in [0.25, 0.3) is 0 Å². The van der Waals surface area contributed by atoms with Crippen LogP contribution in [-0.4, -0.2) is 52.1 Å². The molecular formula is C18H19N5O2. The number of nitrogens with zero attached hydrogens (tertiary/aromatic N) is 3. The number of carbonyl (C=O) groups is 1. The van der Waals surface area contributed by atoms with E-state index in [4.69, 9.17) is 10.00 Å². The van der Waals surface area contributed by atoms with Crippen LogP contribution in [0.2, 0.25) is 0 Å². The molecule has 0 aliphatic carbocycles. The highest BCUT2D eigenvalue weighted by Crippen LogP contribution is 2.36. The number of hydrogen-bond acceptors (Lipinski definition) is 5. The Balaban J connectivity index is 1.39. The number of anilines is 1. The average Bonchev–Trinajstić information content (AvgIpc) is 3.37. The fraction of sp³-hybridized carbons (Fsp3) is 0.389. The monoisotopic (exact) mass is 337 g/mol. The summed E-state index contributed by atoms with van der Waals surface area (Å²) < 4.78 is 6.09. The van der Waals surface area contributed by atoms with Crippen molar-refractivity contribution >= 4 is 11.6 Å². The highest BCUT2D eigenvalue weighted by atomic mass is 16.5. The summed E-state index contributed by atoms with van der Waals surface area (Å²) in [5.41, 5.74) is 1.79. The van der Waals surface area contributed by atoms with Crippen molar-refractivity contribution in [3.63, 3.8) is 0 Å². The third kappa shape index (κ3) is 3.08. The highest BCUT2D eigenvalue weighted by Gasteiger charge is 2.47. The maximum Gasteiger partial charge on any atom is 0.272 e. The molecule has 2 aromatic rings. The Morgan fingerprint density at radius 3 is 3.24 bits per heavy atom. The standard InChI is InChI=1S/C18H19N5O2/c19-8-13-2-1-3-14(6-13)22-15-7-18(25-10-15)4-5-23(11-18)17(24)16-9-20-12-21-16/h1-3,6,9,12,15,22H,4-5,7,10-11H2,(H,20,21)/t15-,18-/m1/s1. The Hall–Kier alpha value is -2.85. The molecule has 2 atom stereocenters. The van der Waals surface area contributed by atoms with Gasteiger partial charge in [-0.05, 0) is 24.6 Å². The number of rotatable bonds is 3. The zero-order valence-electron chi connectivity index (χ0n) is 13.7. The van der Waals surface area contributed by atoms with Crippen molar-refractivity contribution in [2.45, 2.75) is 24.5 Å². The quantitative estimate of drug-likeness (QED) is 0.890. The van der Waals surface area contributed by atoms with Crippen LogP contribution in [-0.2, 0) is 4.74 Å². The molecule has 2 saturated heterocycles. The van der Waals surface area contributed by atoms with Crippen LogP contribution < -0.4 is 5.32 Å². The fourth-order valence-corrected chi connectivity index (χ4v) is 3.70. The Morgan fingerprint density at radius 1 is 1.52 bits per heavy atom. The first-order valence-corrected chi connectivity index (χ1v) is 8.36. The summed E-state index contributed by atoms with van der Waals surface area (Å²) >= 11 is 0. The van der Waals surface area contributed by atoms with Crippen molar-refractivity contribution in [2.75, 3.05) is 25.0 Å². The predicted octanol–water partition coefficient (Wildman–Crippen LogP) is 1.77. The molecule has 7 nitrogen and oxygen atoms in total. The van der Waals surface area contributed by atoms with Crippen LogP contribution in [0.5, 0.6) is 0 Å². The van der Waals surface area contributed by atoms with E-state index in [0.717, 1.165) is 18.5 Å². The minimum Gasteiger partial charge on any atom is -0.380 e. The van der Waals surface area contributed by atoms with Crippen molar-refractivity contribution in [3.8, 4) is 6.07 Å². The molecule has 3 heterocycles. The first-order chi connectivity index (χ1) is 12.2. The number of aromatic amines is 1. The van der Waals surface area contributed by atoms with Gasteiger partial charge in [-0.3, -0.25) is 4.79 Å². The van der Waals surface area contributed by atoms with Crippen molar-refractivity contribution in [2.24, 2.45) is 0 Å². The molecule has 1 aromatic carbocycles. The second-order valence-corrected chi connectivity index (χ2v) is 6.67. The van der Waals surface area contributed by atoms with Crippen molar-refractivity contribution in [1.82, 2.24) is 14.9 Å². The number of H-pyrrole nitrogens is 1. The lowest BCUT2D eigenvalue weighted by molar-refractivity contribution is 0.0124. The van der Waals surface area contributed by atoms with Crippen LogP contribution in [0.4, 0.5) is 5.69 Å². The summed E-state index contributed by atoms with van der Waals surface area (Å²) in [7, 11) is 0. The molecule has 1 spiro atoms. The van der Waals surface area contributed by atoms with Crippen molar-refractivity contribution in [1.29, 1.82) is 5.26 Å². The van der Waals surface area contributed by atoms with Gasteiger partial charge in [0.25, 0.3) is 5.91 Å². The summed E-state index contributed by atoms with van der Waals surface area (Å²) in [6.45, 7) is 1.89. The van der Waals surface area contributed by atoms with Gasteiger partial charge in [0, 0.05) is 18.7 Å². The van der Waals surface area contributed by atoms with Gasteiger partial charge >= 0.3 is 0 Å². The minimum atomic E-state index is -0.278. The van der Waals surface area contributed by atoms with Gasteiger partial charge in [0.2, 0.25) is 0 Å². The van der Waals surface area contributed by atoms with Crippen LogP contribution in [0.1, 0.15) is 28.9 Å². The van der Waals surface area contributed by atoms with E-state index in [1.165, 1.54) is 6.33 Å². The van der Waals surface area contributed by atoms with Gasteiger partial charge in [0.15, 0.2) is 0 Å². The fourth-order valence-electron chi connectivity index (χ4n) is 3.70. The molecular weight excluding hydrogens is 318 g/mol. The van der Waals surface area contributed by atoms with E-state index in [1.54, 1.807) is 12.3 Å². The number of nitrogens with one attached hydrogen (secondary N) is 2. The number of carbonyl (C=O) groups excluding carboxylic acids is 1. The van der Waals surface area contributed by atoms with Crippen molar-refractivity contribution in [3.05, 3.63) is 48.0 Å². The number of nitriles is 1. The summed E-state index contributed by atoms with van der Waals surface area (Å²) in [4.78, 5) is 21.0. The van der Waals surface area contributed by atoms with E-state index in [2.05, 4.69) is 21.4 Å². The van der Waals surface area contributed by atoms with Crippen LogP contribution in [0.15, 0.2) is 36.8 Å². The van der Waals surface area contributed by atoms with Crippen molar-refractivity contribution < 1.29 is 9.53 Å². The number of ether oxygens (including phenoxy) is 1. The van der Waals surface area contributed by atoms with Gasteiger partial charge in [-0.15, -0.1) is 0 Å². The molecule has 0 radical (unpaired) electrons. The predicted molar refractivity (Wildman–Crippen MR) is 91.0 cm³/mol. The number of hydrogen-bond donors (Lipinski definition) is 2. The topological polar surface area (TPSA) is 94.0 Å². The van der Waals surface area contributed by atoms with Gasteiger partial charge in [0.05, 0.1) is 49.0 Å². The molecule has 7 heteroatoms. The van der Waals surface area contributed by atoms with E-state index >= 15 is 0 Å². The minimum absolute atomic E-state index is 0.0314. The van der Waals surface area contributed by atoms with Gasteiger partial charge in [-0.2, -0.15) is 5.26 Å². The molecule has 0 bridgehead atoms. The van der Waals surface area contributed by atoms with E-state index in [0.29, 0.717) is 31.0 Å². The van der Waals surface area contributed by atoms with E-state index in [-0.39, 0.29) is 17.6 Å². The molecule has 2 aliphatic heterocycles. The van der Waals surface area contributed by atoms with E-state index in [1.807, 2.05) is 23.1 Å². The highest BCUT2D eigenvalue weighted by molar-refractivity contribution is 5.92. The maximum atomic E-state index is 12.4. The molecule has 2 aliphatic rings. The molecule has 2 N–H and O–H groups in total. The zero-order valence-corrected chi connectivity index (χ0v) is 13.7. The Kier molecular flexibility index (Phi) is 3.90. The maximum absolute atomic E-state index is 12.4. The number of likely N-dealkylation sites (tertiary alicyclic amines) is 1. The smallest absolute Gasteiger partial charge is 0.272 e. The second-order valence-electron chi connectivity index (χ2n) is 6.67. The summed E-state index contributed by atoms with van der Waals surface area (Å²) in [5.74, 6) is -0.0314. The van der Waals surface area contributed by atoms with Crippen LogP contribution in [0, 0.1) is 11.3 Å². The van der Waals surface area contributed by atoms with Crippen LogP contribution >= 0.6 is 0 Å². The van der Waals surface area contributed by atoms with E-state index < -0.39 is 0 Å². The largest absolute Gasteiger partial charge is 0.380 e.